The Morgan fingerprint density at radius 3 is 2.88 bits per heavy atom. The van der Waals surface area contributed by atoms with Crippen LogP contribution in [0.2, 0.25) is 0 Å². The van der Waals surface area contributed by atoms with Crippen LogP contribution in [0.1, 0.15) is 26.7 Å². The lowest BCUT2D eigenvalue weighted by Gasteiger charge is -2.08. The van der Waals surface area contributed by atoms with E-state index in [4.69, 9.17) is 14.2 Å². The van der Waals surface area contributed by atoms with Gasteiger partial charge in [0, 0.05) is 18.7 Å². The maximum atomic E-state index is 5.55. The zero-order chi connectivity index (χ0) is 11.6. The first-order valence-corrected chi connectivity index (χ1v) is 5.72. The van der Waals surface area contributed by atoms with E-state index in [1.165, 1.54) is 0 Å². The fraction of sp³-hybridized carbons (Fsp3) is 0.538. The maximum Gasteiger partial charge on any atom is 0.189 e. The average molecular weight is 223 g/mol. The molecular weight excluding hydrogens is 204 g/mol. The van der Waals surface area contributed by atoms with Crippen molar-refractivity contribution in [2.24, 2.45) is 0 Å². The van der Waals surface area contributed by atoms with Gasteiger partial charge in [-0.15, -0.1) is 0 Å². The minimum Gasteiger partial charge on any atom is -0.493 e. The molecule has 0 atom stereocenters. The molecule has 0 N–H and O–H groups in total. The van der Waals surface area contributed by atoms with Gasteiger partial charge in [0.2, 0.25) is 0 Å². The van der Waals surface area contributed by atoms with E-state index in [0.717, 1.165) is 25.2 Å². The van der Waals surface area contributed by atoms with Crippen LogP contribution < -0.4 is 9.47 Å². The van der Waals surface area contributed by atoms with E-state index in [2.05, 4.69) is 13.0 Å². The Kier molecular flexibility index (Phi) is 6.42. The third kappa shape index (κ3) is 5.03. The highest BCUT2D eigenvalue weighted by Crippen LogP contribution is 2.18. The van der Waals surface area contributed by atoms with Gasteiger partial charge in [-0.25, -0.2) is 0 Å². The van der Waals surface area contributed by atoms with Crippen LogP contribution in [0.5, 0.6) is 11.5 Å². The second-order valence-corrected chi connectivity index (χ2v) is 3.35. The van der Waals surface area contributed by atoms with Gasteiger partial charge in [0.25, 0.3) is 0 Å². The molecule has 3 heteroatoms. The quantitative estimate of drug-likeness (QED) is 0.501. The van der Waals surface area contributed by atoms with E-state index in [-0.39, 0.29) is 6.79 Å². The normalized spacial score (nSPS) is 10.1. The first-order valence-electron chi connectivity index (χ1n) is 5.72. The summed E-state index contributed by atoms with van der Waals surface area (Å²) in [5, 5.41) is 0. The summed E-state index contributed by atoms with van der Waals surface area (Å²) in [6, 6.07) is 8.48. The lowest BCUT2D eigenvalue weighted by molar-refractivity contribution is 0.0221. The highest BCUT2D eigenvalue weighted by atomic mass is 16.7. The standard InChI is InChI=1S/C13H19O3/c1-3-5-9-15-12-7-6-8-13(10-12)16-11-14-4-2/h6-7,10H,3-5,9,11H2,1-2H3. The molecule has 1 radical (unpaired) electrons. The summed E-state index contributed by atoms with van der Waals surface area (Å²) in [7, 11) is 0. The van der Waals surface area contributed by atoms with Crippen molar-refractivity contribution in [3.63, 3.8) is 0 Å². The maximum absolute atomic E-state index is 5.55. The van der Waals surface area contributed by atoms with Gasteiger partial charge in [0.1, 0.15) is 11.5 Å². The molecular formula is C13H19O3. The summed E-state index contributed by atoms with van der Waals surface area (Å²) in [6.07, 6.45) is 2.19. The van der Waals surface area contributed by atoms with Crippen LogP contribution in [0.3, 0.4) is 0 Å². The Bertz CT molecular complexity index is 261. The molecule has 0 aliphatic heterocycles. The van der Waals surface area contributed by atoms with Crippen LogP contribution in [0.15, 0.2) is 18.2 Å². The molecule has 0 saturated carbocycles. The van der Waals surface area contributed by atoms with Crippen molar-refractivity contribution in [3.05, 3.63) is 24.3 Å². The zero-order valence-electron chi connectivity index (χ0n) is 9.99. The highest BCUT2D eigenvalue weighted by molar-refractivity contribution is 5.31. The lowest BCUT2D eigenvalue weighted by atomic mass is 10.3. The molecule has 0 unspecified atom stereocenters. The third-order valence-corrected chi connectivity index (χ3v) is 2.02. The number of ether oxygens (including phenoxy) is 3. The van der Waals surface area contributed by atoms with E-state index in [1.807, 2.05) is 19.1 Å². The minimum atomic E-state index is 0.255. The summed E-state index contributed by atoms with van der Waals surface area (Å²) >= 11 is 0. The molecule has 1 rings (SSSR count). The second-order valence-electron chi connectivity index (χ2n) is 3.35. The van der Waals surface area contributed by atoms with Crippen LogP contribution >= 0.6 is 0 Å². The molecule has 0 spiro atoms. The first kappa shape index (κ1) is 12.8. The molecule has 0 fully saturated rings. The SMILES string of the molecule is CCCCOc1cc[c]c(OCOCC)c1. The predicted molar refractivity (Wildman–Crippen MR) is 62.8 cm³/mol. The molecule has 89 valence electrons. The van der Waals surface area contributed by atoms with Gasteiger partial charge < -0.3 is 14.2 Å². The number of hydrogen-bond donors (Lipinski definition) is 0. The molecule has 0 aliphatic rings. The minimum absolute atomic E-state index is 0.255. The van der Waals surface area contributed by atoms with Crippen LogP contribution in [0.4, 0.5) is 0 Å². The number of unbranched alkanes of at least 4 members (excludes halogenated alkanes) is 1. The fourth-order valence-electron chi connectivity index (χ4n) is 1.12. The molecule has 0 bridgehead atoms. The largest absolute Gasteiger partial charge is 0.493 e. The Labute approximate surface area is 97.3 Å². The Balaban J connectivity index is 2.37. The number of hydrogen-bond acceptors (Lipinski definition) is 3. The summed E-state index contributed by atoms with van der Waals surface area (Å²) < 4.78 is 16.0. The van der Waals surface area contributed by atoms with Crippen LogP contribution in [0, 0.1) is 6.07 Å². The molecule has 0 heterocycles. The number of rotatable bonds is 8. The summed E-state index contributed by atoms with van der Waals surface area (Å²) in [5.41, 5.74) is 0. The van der Waals surface area contributed by atoms with Gasteiger partial charge in [0.15, 0.2) is 6.79 Å². The van der Waals surface area contributed by atoms with Crippen molar-refractivity contribution in [1.82, 2.24) is 0 Å². The van der Waals surface area contributed by atoms with Crippen LogP contribution in [-0.4, -0.2) is 20.0 Å². The van der Waals surface area contributed by atoms with Crippen LogP contribution in [-0.2, 0) is 4.74 Å². The van der Waals surface area contributed by atoms with Gasteiger partial charge in [0.05, 0.1) is 6.61 Å². The van der Waals surface area contributed by atoms with Crippen molar-refractivity contribution in [1.29, 1.82) is 0 Å². The first-order chi connectivity index (χ1) is 7.86. The van der Waals surface area contributed by atoms with Crippen molar-refractivity contribution < 1.29 is 14.2 Å². The molecule has 0 amide bonds. The third-order valence-electron chi connectivity index (χ3n) is 2.02. The van der Waals surface area contributed by atoms with Gasteiger partial charge in [-0.05, 0) is 25.5 Å². The lowest BCUT2D eigenvalue weighted by Crippen LogP contribution is -2.02. The smallest absolute Gasteiger partial charge is 0.189 e. The Morgan fingerprint density at radius 1 is 1.25 bits per heavy atom. The average Bonchev–Trinajstić information content (AvgIpc) is 2.30. The molecule has 16 heavy (non-hydrogen) atoms. The Morgan fingerprint density at radius 2 is 2.12 bits per heavy atom. The molecule has 1 aromatic rings. The van der Waals surface area contributed by atoms with E-state index < -0.39 is 0 Å². The van der Waals surface area contributed by atoms with Gasteiger partial charge >= 0.3 is 0 Å². The van der Waals surface area contributed by atoms with E-state index in [9.17, 15) is 0 Å². The van der Waals surface area contributed by atoms with Gasteiger partial charge in [-0.1, -0.05) is 13.3 Å². The van der Waals surface area contributed by atoms with Crippen molar-refractivity contribution >= 4 is 0 Å². The van der Waals surface area contributed by atoms with E-state index in [1.54, 1.807) is 6.07 Å². The molecule has 3 nitrogen and oxygen atoms in total. The monoisotopic (exact) mass is 223 g/mol. The summed E-state index contributed by atoms with van der Waals surface area (Å²) in [5.74, 6) is 1.47. The van der Waals surface area contributed by atoms with E-state index in [0.29, 0.717) is 12.4 Å². The van der Waals surface area contributed by atoms with E-state index >= 15 is 0 Å². The van der Waals surface area contributed by atoms with Crippen molar-refractivity contribution in [3.8, 4) is 11.5 Å². The molecule has 0 saturated heterocycles. The van der Waals surface area contributed by atoms with Crippen molar-refractivity contribution in [2.45, 2.75) is 26.7 Å². The van der Waals surface area contributed by atoms with Crippen molar-refractivity contribution in [2.75, 3.05) is 20.0 Å². The summed E-state index contributed by atoms with van der Waals surface area (Å²) in [6.45, 7) is 5.71. The number of benzene rings is 1. The van der Waals surface area contributed by atoms with Gasteiger partial charge in [-0.3, -0.25) is 0 Å². The fourth-order valence-corrected chi connectivity index (χ4v) is 1.12. The molecule has 0 aliphatic carbocycles. The second kappa shape index (κ2) is 7.99. The predicted octanol–water partition coefficient (Wildman–Crippen LogP) is 3.04. The van der Waals surface area contributed by atoms with Crippen LogP contribution in [0.25, 0.3) is 0 Å². The topological polar surface area (TPSA) is 27.7 Å². The zero-order valence-corrected chi connectivity index (χ0v) is 9.99. The van der Waals surface area contributed by atoms with Gasteiger partial charge in [-0.2, -0.15) is 0 Å². The molecule has 0 aromatic heterocycles. The molecule has 1 aromatic carbocycles. The Hall–Kier alpha value is -1.22. The summed E-state index contributed by atoms with van der Waals surface area (Å²) in [4.78, 5) is 0. The highest BCUT2D eigenvalue weighted by Gasteiger charge is 1.98.